The van der Waals surface area contributed by atoms with E-state index >= 15 is 0 Å². The number of nitrogens with zero attached hydrogens (tertiary/aromatic N) is 2. The summed E-state index contributed by atoms with van der Waals surface area (Å²) in [7, 11) is 0. The Balaban J connectivity index is 0.000000237. The van der Waals surface area contributed by atoms with Gasteiger partial charge in [0.15, 0.2) is 0 Å². The Labute approximate surface area is 231 Å². The first kappa shape index (κ1) is 29.4. The molecule has 185 valence electrons. The fraction of sp³-hybridized carbons (Fsp3) is 0.214. The number of pyridine rings is 2. The van der Waals surface area contributed by atoms with Crippen molar-refractivity contribution in [2.24, 2.45) is 0 Å². The van der Waals surface area contributed by atoms with E-state index in [-0.39, 0.29) is 11.5 Å². The third kappa shape index (κ3) is 10.0. The Morgan fingerprint density at radius 1 is 0.583 bits per heavy atom. The molecule has 0 aliphatic carbocycles. The summed E-state index contributed by atoms with van der Waals surface area (Å²) in [6.45, 7) is 1.59. The van der Waals surface area contributed by atoms with Gasteiger partial charge in [-0.1, -0.05) is 109 Å². The van der Waals surface area contributed by atoms with Crippen molar-refractivity contribution in [1.82, 2.24) is 9.13 Å². The molecule has 2 heterocycles. The van der Waals surface area contributed by atoms with Crippen molar-refractivity contribution < 1.29 is 31.3 Å². The molecule has 0 unspecified atom stereocenters. The third-order valence-corrected chi connectivity index (χ3v) is 6.26. The normalized spacial score (nSPS) is 9.94. The number of hydrogen-bond acceptors (Lipinski definition) is 5. The first-order chi connectivity index (χ1) is 17.5. The average molecular weight is 556 g/mol. The van der Waals surface area contributed by atoms with Crippen molar-refractivity contribution >= 4 is 24.4 Å². The van der Waals surface area contributed by atoms with Crippen LogP contribution in [-0.4, -0.2) is 9.13 Å². The molecule has 4 rings (SSSR count). The van der Waals surface area contributed by atoms with Crippen molar-refractivity contribution in [3.8, 4) is 11.5 Å². The van der Waals surface area contributed by atoms with Crippen LogP contribution in [0.3, 0.4) is 0 Å². The Bertz CT molecular complexity index is 1190. The summed E-state index contributed by atoms with van der Waals surface area (Å²) in [5.74, 6) is -0.135. The predicted molar refractivity (Wildman–Crippen MR) is 140 cm³/mol. The van der Waals surface area contributed by atoms with Gasteiger partial charge in [-0.15, -0.1) is 0 Å². The predicted octanol–water partition coefficient (Wildman–Crippen LogP) is 5.73. The molecule has 0 radical (unpaired) electrons. The van der Waals surface area contributed by atoms with E-state index in [0.29, 0.717) is 9.28 Å². The summed E-state index contributed by atoms with van der Waals surface area (Å²) in [6, 6.07) is 27.2. The van der Waals surface area contributed by atoms with Crippen LogP contribution in [-0.2, 0) is 47.0 Å². The van der Waals surface area contributed by atoms with E-state index in [1.165, 1.54) is 23.3 Å². The SMILES string of the molecule is [O-]c1cccn(CCCc2ccccc2)c1=S.[O-]c1cccn(CCCc2ccccc2)c1=S.[O]=[V+2]. The molecule has 5 nitrogen and oxygen atoms in total. The Kier molecular flexibility index (Phi) is 13.7. The van der Waals surface area contributed by atoms with Crippen LogP contribution >= 0.6 is 24.4 Å². The maximum absolute atomic E-state index is 11.3. The molecule has 0 fully saturated rings. The quantitative estimate of drug-likeness (QED) is 0.260. The van der Waals surface area contributed by atoms with Crippen LogP contribution in [0, 0.1) is 9.28 Å². The molecule has 0 aliphatic heterocycles. The van der Waals surface area contributed by atoms with Gasteiger partial charge < -0.3 is 19.3 Å². The zero-order valence-corrected chi connectivity index (χ0v) is 22.9. The fourth-order valence-electron chi connectivity index (χ4n) is 3.58. The third-order valence-electron chi connectivity index (χ3n) is 5.39. The van der Waals surface area contributed by atoms with Crippen molar-refractivity contribution in [2.45, 2.75) is 38.8 Å². The second-order valence-corrected chi connectivity index (χ2v) is 8.69. The standard InChI is InChI=1S/2C14H15NOS.O.V/c2*16-13-9-5-11-15(14(13)17)10-4-8-12-6-2-1-3-7-12;;/h2*1-3,5-7,9,11,16H,4,8,10H2;;/q;;;+2/p-2. The maximum atomic E-state index is 11.3. The van der Waals surface area contributed by atoms with Crippen molar-refractivity contribution in [2.75, 3.05) is 0 Å². The van der Waals surface area contributed by atoms with Gasteiger partial charge in [-0.3, -0.25) is 0 Å². The van der Waals surface area contributed by atoms with Gasteiger partial charge >= 0.3 is 21.0 Å². The second kappa shape index (κ2) is 16.8. The zero-order valence-electron chi connectivity index (χ0n) is 19.9. The van der Waals surface area contributed by atoms with Crippen LogP contribution in [0.4, 0.5) is 0 Å². The Morgan fingerprint density at radius 2 is 0.944 bits per heavy atom. The van der Waals surface area contributed by atoms with Crippen LogP contribution in [0.5, 0.6) is 11.5 Å². The molecule has 2 aromatic carbocycles. The molecule has 0 bridgehead atoms. The minimum absolute atomic E-state index is 0.0674. The molecule has 0 N–H and O–H groups in total. The molecule has 0 saturated carbocycles. The molecule has 4 aromatic rings. The molecule has 0 atom stereocenters. The van der Waals surface area contributed by atoms with Crippen molar-refractivity contribution in [3.05, 3.63) is 118 Å². The molecule has 8 heteroatoms. The van der Waals surface area contributed by atoms with Crippen molar-refractivity contribution in [1.29, 1.82) is 0 Å². The fourth-order valence-corrected chi connectivity index (χ4v) is 4.02. The van der Waals surface area contributed by atoms with E-state index in [4.69, 9.17) is 28.1 Å². The van der Waals surface area contributed by atoms with E-state index in [1.807, 2.05) is 57.9 Å². The van der Waals surface area contributed by atoms with Gasteiger partial charge in [-0.2, -0.15) is 0 Å². The molecular weight excluding hydrogens is 527 g/mol. The molecule has 0 amide bonds. The first-order valence-corrected chi connectivity index (χ1v) is 12.9. The van der Waals surface area contributed by atoms with Gasteiger partial charge in [0.1, 0.15) is 0 Å². The summed E-state index contributed by atoms with van der Waals surface area (Å²) in [5.41, 5.74) is 2.63. The molecule has 0 spiro atoms. The van der Waals surface area contributed by atoms with E-state index in [1.54, 1.807) is 12.1 Å². The zero-order chi connectivity index (χ0) is 26.2. The summed E-state index contributed by atoms with van der Waals surface area (Å²) >= 11 is 11.2. The van der Waals surface area contributed by atoms with Crippen LogP contribution in [0.15, 0.2) is 97.3 Å². The van der Waals surface area contributed by atoms with Crippen LogP contribution < -0.4 is 10.2 Å². The van der Waals surface area contributed by atoms with E-state index < -0.39 is 0 Å². The number of benzene rings is 2. The number of aryl methyl sites for hydroxylation is 4. The number of rotatable bonds is 8. The second-order valence-electron chi connectivity index (χ2n) is 7.92. The van der Waals surface area contributed by atoms with Gasteiger partial charge in [-0.05, 0) is 48.9 Å². The summed E-state index contributed by atoms with van der Waals surface area (Å²) in [5, 5.41) is 22.7. The monoisotopic (exact) mass is 555 g/mol. The van der Waals surface area contributed by atoms with Gasteiger partial charge in [-0.25, -0.2) is 0 Å². The molecule has 2 aromatic heterocycles. The van der Waals surface area contributed by atoms with Gasteiger partial charge in [0, 0.05) is 25.5 Å². The van der Waals surface area contributed by atoms with Gasteiger partial charge in [0.2, 0.25) is 0 Å². The number of hydrogen-bond donors (Lipinski definition) is 0. The Morgan fingerprint density at radius 3 is 1.31 bits per heavy atom. The Hall–Kier alpha value is -2.84. The summed E-state index contributed by atoms with van der Waals surface area (Å²) < 4.78 is 12.7. The van der Waals surface area contributed by atoms with Gasteiger partial charge in [0.25, 0.3) is 0 Å². The molecule has 0 aliphatic rings. The van der Waals surface area contributed by atoms with E-state index in [9.17, 15) is 10.2 Å². The summed E-state index contributed by atoms with van der Waals surface area (Å²) in [6.07, 6.45) is 7.73. The molecule has 36 heavy (non-hydrogen) atoms. The first-order valence-electron chi connectivity index (χ1n) is 11.5. The van der Waals surface area contributed by atoms with Crippen LogP contribution in [0.25, 0.3) is 0 Å². The van der Waals surface area contributed by atoms with Crippen LogP contribution in [0.2, 0.25) is 0 Å². The average Bonchev–Trinajstić information content (AvgIpc) is 2.92. The topological polar surface area (TPSA) is 73.0 Å². The molecular formula is C28H28N2O3S2V. The molecule has 0 saturated heterocycles. The van der Waals surface area contributed by atoms with Crippen molar-refractivity contribution in [3.63, 3.8) is 0 Å². The minimum atomic E-state index is -0.0674. The van der Waals surface area contributed by atoms with Crippen LogP contribution in [0.1, 0.15) is 24.0 Å². The number of aromatic nitrogens is 2. The van der Waals surface area contributed by atoms with E-state index in [0.717, 1.165) is 56.1 Å². The van der Waals surface area contributed by atoms with E-state index in [2.05, 4.69) is 24.3 Å². The summed E-state index contributed by atoms with van der Waals surface area (Å²) in [4.78, 5) is 0. The van der Waals surface area contributed by atoms with Gasteiger partial charge in [0.05, 0.1) is 9.28 Å².